The zero-order chi connectivity index (χ0) is 24.6. The van der Waals surface area contributed by atoms with Crippen molar-refractivity contribution in [3.05, 3.63) is 107 Å². The number of alkyl halides is 3. The third kappa shape index (κ3) is 5.87. The van der Waals surface area contributed by atoms with Gasteiger partial charge in [-0.15, -0.1) is 0 Å². The number of carbonyl (C=O) groups excluding carboxylic acids is 1. The summed E-state index contributed by atoms with van der Waals surface area (Å²) in [6.45, 7) is 3.53. The van der Waals surface area contributed by atoms with E-state index in [1.165, 1.54) is 18.2 Å². The second-order valence-electron chi connectivity index (χ2n) is 7.24. The number of fused-ring (bicyclic) bond motifs is 1. The molecule has 0 aliphatic rings. The number of carbonyl (C=O) groups is 1. The fourth-order valence-corrected chi connectivity index (χ4v) is 3.42. The van der Waals surface area contributed by atoms with Gasteiger partial charge in [0.2, 0.25) is 0 Å². The number of hydrogen-bond acceptors (Lipinski definition) is 2. The Morgan fingerprint density at radius 1 is 1.06 bits per heavy atom. The van der Waals surface area contributed by atoms with Gasteiger partial charge in [-0.1, -0.05) is 78.6 Å². The highest BCUT2D eigenvalue weighted by Gasteiger charge is 2.31. The van der Waals surface area contributed by atoms with Crippen LogP contribution in [0.4, 0.5) is 13.2 Å². The average molecular weight is 463 g/mol. The van der Waals surface area contributed by atoms with E-state index in [9.17, 15) is 18.0 Å². The summed E-state index contributed by atoms with van der Waals surface area (Å²) in [5.41, 5.74) is 1.36. The lowest BCUT2D eigenvalue weighted by Gasteiger charge is -2.09. The minimum Gasteiger partial charge on any atom is -0.461 e. The smallest absolute Gasteiger partial charge is 0.416 e. The highest BCUT2D eigenvalue weighted by Crippen LogP contribution is 2.29. The van der Waals surface area contributed by atoms with Gasteiger partial charge in [-0.2, -0.15) is 13.2 Å². The number of esters is 1. The zero-order valence-electron chi connectivity index (χ0n) is 18.9. The van der Waals surface area contributed by atoms with Crippen molar-refractivity contribution < 1.29 is 22.7 Å². The Balaban J connectivity index is 2.13. The Bertz CT molecular complexity index is 1300. The van der Waals surface area contributed by atoms with Crippen molar-refractivity contribution in [2.24, 2.45) is 0 Å². The molecule has 0 aliphatic carbocycles. The van der Waals surface area contributed by atoms with Crippen LogP contribution in [0.3, 0.4) is 0 Å². The summed E-state index contributed by atoms with van der Waals surface area (Å²) in [6.07, 6.45) is 1.76. The molecule has 1 heterocycles. The molecule has 6 heteroatoms. The van der Waals surface area contributed by atoms with Crippen LogP contribution in [-0.2, 0) is 11.3 Å². The molecule has 0 amide bonds. The molecule has 0 atom stereocenters. The van der Waals surface area contributed by atoms with Crippen molar-refractivity contribution in [2.45, 2.75) is 26.6 Å². The molecular weight excluding hydrogens is 439 g/mol. The van der Waals surface area contributed by atoms with Crippen LogP contribution in [0.1, 0.15) is 35.5 Å². The minimum atomic E-state index is -4.49. The zero-order valence-corrected chi connectivity index (χ0v) is 18.9. The van der Waals surface area contributed by atoms with Gasteiger partial charge in [-0.3, -0.25) is 0 Å². The normalized spacial score (nSPS) is 12.3. The van der Waals surface area contributed by atoms with Crippen LogP contribution in [0, 0.1) is 11.8 Å². The third-order valence-corrected chi connectivity index (χ3v) is 4.93. The van der Waals surface area contributed by atoms with Crippen LogP contribution >= 0.6 is 0 Å². The number of aromatic nitrogens is 1. The van der Waals surface area contributed by atoms with E-state index >= 15 is 0 Å². The van der Waals surface area contributed by atoms with Crippen LogP contribution in [0.15, 0.2) is 90.6 Å². The first-order chi connectivity index (χ1) is 16.4. The van der Waals surface area contributed by atoms with Gasteiger partial charge in [0.25, 0.3) is 0 Å². The molecule has 0 radical (unpaired) electrons. The highest BCUT2D eigenvalue weighted by molar-refractivity contribution is 6.01. The van der Waals surface area contributed by atoms with Crippen molar-refractivity contribution in [1.82, 2.24) is 4.57 Å². The quantitative estimate of drug-likeness (QED) is 0.228. The Labute approximate surface area is 196 Å². The Morgan fingerprint density at radius 2 is 1.76 bits per heavy atom. The van der Waals surface area contributed by atoms with Gasteiger partial charge in [-0.25, -0.2) is 4.79 Å². The third-order valence-electron chi connectivity index (χ3n) is 4.93. The van der Waals surface area contributed by atoms with Gasteiger partial charge in [0.05, 0.1) is 23.3 Å². The van der Waals surface area contributed by atoms with Crippen LogP contribution in [0.5, 0.6) is 0 Å². The van der Waals surface area contributed by atoms with Crippen molar-refractivity contribution in [1.29, 1.82) is 0 Å². The lowest BCUT2D eigenvalue weighted by Crippen LogP contribution is -2.14. The molecule has 0 saturated carbocycles. The molecule has 0 unspecified atom stereocenters. The van der Waals surface area contributed by atoms with Gasteiger partial charge in [0.1, 0.15) is 5.69 Å². The molecule has 1 aromatic heterocycles. The second-order valence-corrected chi connectivity index (χ2v) is 7.24. The minimum absolute atomic E-state index is 0.0327. The molecule has 3 nitrogen and oxygen atoms in total. The first-order valence-electron chi connectivity index (χ1n) is 10.8. The predicted octanol–water partition coefficient (Wildman–Crippen LogP) is 6.84. The first-order valence-corrected chi connectivity index (χ1v) is 10.8. The maximum atomic E-state index is 13.3. The van der Waals surface area contributed by atoms with Crippen molar-refractivity contribution in [2.75, 3.05) is 6.61 Å². The standard InChI is InChI=1S/C28H24F3NO2/c1-3-5-14-22(28(29,30)31)15-11-20-32-25-17-10-9-16-23(25)24(26(32)27(33)34-4-2)19-18-21-12-7-6-8-13-21/h3,5-17H,4,20H2,1-2H3/b5-3-,15-11+,22-14+. The number of rotatable bonds is 6. The lowest BCUT2D eigenvalue weighted by molar-refractivity contribution is -0.0882. The van der Waals surface area contributed by atoms with Gasteiger partial charge in [0.15, 0.2) is 0 Å². The largest absolute Gasteiger partial charge is 0.461 e. The fraction of sp³-hybridized carbons (Fsp3) is 0.179. The SMILES string of the molecule is C\C=C/C=C(\C=C\Cn1c(C(=O)OCC)c(C#Cc2ccccc2)c2ccccc21)C(F)(F)F. The number of halogens is 3. The molecule has 34 heavy (non-hydrogen) atoms. The van der Waals surface area contributed by atoms with Gasteiger partial charge in [0, 0.05) is 17.5 Å². The number of nitrogens with zero attached hydrogens (tertiary/aromatic N) is 1. The summed E-state index contributed by atoms with van der Waals surface area (Å²) in [5, 5.41) is 0.725. The summed E-state index contributed by atoms with van der Waals surface area (Å²) >= 11 is 0. The van der Waals surface area contributed by atoms with Crippen LogP contribution < -0.4 is 0 Å². The predicted molar refractivity (Wildman–Crippen MR) is 128 cm³/mol. The van der Waals surface area contributed by atoms with E-state index in [-0.39, 0.29) is 18.8 Å². The monoisotopic (exact) mass is 463 g/mol. The molecule has 0 fully saturated rings. The van der Waals surface area contributed by atoms with Gasteiger partial charge in [-0.05, 0) is 32.0 Å². The molecule has 0 saturated heterocycles. The molecule has 174 valence electrons. The average Bonchev–Trinajstić information content (AvgIpc) is 3.13. The number of para-hydroxylation sites is 1. The van der Waals surface area contributed by atoms with E-state index in [1.54, 1.807) is 30.5 Å². The number of allylic oxidation sites excluding steroid dienone is 6. The Morgan fingerprint density at radius 3 is 2.44 bits per heavy atom. The summed E-state index contributed by atoms with van der Waals surface area (Å²) in [4.78, 5) is 12.9. The molecule has 2 aromatic carbocycles. The first kappa shape index (κ1) is 24.7. The number of benzene rings is 2. The molecule has 0 N–H and O–H groups in total. The molecular formula is C28H24F3NO2. The van der Waals surface area contributed by atoms with Gasteiger partial charge < -0.3 is 9.30 Å². The topological polar surface area (TPSA) is 31.2 Å². The summed E-state index contributed by atoms with van der Waals surface area (Å²) in [5.74, 6) is 5.58. The molecule has 3 rings (SSSR count). The van der Waals surface area contributed by atoms with Crippen LogP contribution in [0.2, 0.25) is 0 Å². The Hall–Kier alpha value is -3.98. The van der Waals surface area contributed by atoms with Crippen molar-refractivity contribution >= 4 is 16.9 Å². The van der Waals surface area contributed by atoms with E-state index in [0.717, 1.165) is 23.1 Å². The van der Waals surface area contributed by atoms with Gasteiger partial charge >= 0.3 is 12.1 Å². The molecule has 0 aliphatic heterocycles. The lowest BCUT2D eigenvalue weighted by atomic mass is 10.1. The van der Waals surface area contributed by atoms with E-state index < -0.39 is 17.7 Å². The van der Waals surface area contributed by atoms with Crippen LogP contribution in [-0.4, -0.2) is 23.3 Å². The summed E-state index contributed by atoms with van der Waals surface area (Å²) < 4.78 is 46.9. The van der Waals surface area contributed by atoms with Crippen molar-refractivity contribution in [3.63, 3.8) is 0 Å². The summed E-state index contributed by atoms with van der Waals surface area (Å²) in [7, 11) is 0. The summed E-state index contributed by atoms with van der Waals surface area (Å²) in [6, 6.07) is 16.6. The second kappa shape index (κ2) is 11.2. The number of hydrogen-bond donors (Lipinski definition) is 0. The van der Waals surface area contributed by atoms with Crippen molar-refractivity contribution in [3.8, 4) is 11.8 Å². The maximum absolute atomic E-state index is 13.3. The van der Waals surface area contributed by atoms with E-state index in [2.05, 4.69) is 11.8 Å². The molecule has 3 aromatic rings. The number of ether oxygens (including phenoxy) is 1. The molecule has 0 bridgehead atoms. The molecule has 0 spiro atoms. The fourth-order valence-electron chi connectivity index (χ4n) is 3.42. The highest BCUT2D eigenvalue weighted by atomic mass is 19.4. The maximum Gasteiger partial charge on any atom is 0.416 e. The van der Waals surface area contributed by atoms with E-state index in [0.29, 0.717) is 11.1 Å². The van der Waals surface area contributed by atoms with E-state index in [4.69, 9.17) is 4.74 Å². The van der Waals surface area contributed by atoms with E-state index in [1.807, 2.05) is 42.5 Å². The Kier molecular flexibility index (Phi) is 8.15. The van der Waals surface area contributed by atoms with Crippen LogP contribution in [0.25, 0.3) is 10.9 Å².